The maximum Gasteiger partial charge on any atom is 0.0702 e. The van der Waals surface area contributed by atoms with E-state index in [9.17, 15) is 0 Å². The van der Waals surface area contributed by atoms with Crippen molar-refractivity contribution in [1.29, 1.82) is 0 Å². The maximum absolute atomic E-state index is 5.81. The third-order valence-corrected chi connectivity index (χ3v) is 4.24. The largest absolute Gasteiger partial charge is 0.378 e. The Morgan fingerprint density at radius 1 is 1.45 bits per heavy atom. The Bertz CT molecular complexity index is 587. The summed E-state index contributed by atoms with van der Waals surface area (Å²) in [5.41, 5.74) is 5.12. The van der Waals surface area contributed by atoms with Gasteiger partial charge in [-0.05, 0) is 30.5 Å². The summed E-state index contributed by atoms with van der Waals surface area (Å²) < 4.78 is 5.79. The Hall–Kier alpha value is -1.49. The van der Waals surface area contributed by atoms with Gasteiger partial charge >= 0.3 is 0 Å². The van der Waals surface area contributed by atoms with Crippen molar-refractivity contribution in [3.05, 3.63) is 42.1 Å². The highest BCUT2D eigenvalue weighted by Gasteiger charge is 2.34. The summed E-state index contributed by atoms with van der Waals surface area (Å²) in [7, 11) is 0. The van der Waals surface area contributed by atoms with E-state index in [0.29, 0.717) is 5.92 Å². The zero-order chi connectivity index (χ0) is 13.9. The minimum atomic E-state index is 0.0968. The van der Waals surface area contributed by atoms with Gasteiger partial charge in [-0.15, -0.1) is 0 Å². The number of hydrazine groups is 1. The van der Waals surface area contributed by atoms with Gasteiger partial charge in [0.05, 0.1) is 17.7 Å². The average Bonchev–Trinajstić information content (AvgIpc) is 2.96. The van der Waals surface area contributed by atoms with Gasteiger partial charge in [-0.25, -0.2) is 0 Å². The second-order valence-corrected chi connectivity index (χ2v) is 5.38. The minimum absolute atomic E-state index is 0.0968. The molecule has 2 aromatic rings. The predicted octanol–water partition coefficient (Wildman–Crippen LogP) is 2.55. The highest BCUT2D eigenvalue weighted by molar-refractivity contribution is 5.78. The quantitative estimate of drug-likeness (QED) is 0.663. The summed E-state index contributed by atoms with van der Waals surface area (Å²) in [6.07, 6.45) is 4.27. The van der Waals surface area contributed by atoms with E-state index in [-0.39, 0.29) is 12.1 Å². The molecule has 1 aromatic carbocycles. The van der Waals surface area contributed by atoms with Crippen molar-refractivity contribution >= 4 is 10.9 Å². The van der Waals surface area contributed by atoms with Crippen molar-refractivity contribution in [3.63, 3.8) is 0 Å². The normalized spacial score (nSPS) is 24.1. The number of rotatable bonds is 4. The molecule has 1 aliphatic heterocycles. The van der Waals surface area contributed by atoms with Crippen LogP contribution in [0.15, 0.2) is 36.5 Å². The van der Waals surface area contributed by atoms with Crippen molar-refractivity contribution in [2.75, 3.05) is 6.61 Å². The number of nitrogens with two attached hydrogens (primary N) is 1. The van der Waals surface area contributed by atoms with Crippen LogP contribution in [0.25, 0.3) is 10.9 Å². The highest BCUT2D eigenvalue weighted by atomic mass is 16.5. The van der Waals surface area contributed by atoms with Crippen molar-refractivity contribution in [2.45, 2.75) is 31.9 Å². The van der Waals surface area contributed by atoms with Crippen LogP contribution in [0.1, 0.15) is 31.4 Å². The molecule has 3 atom stereocenters. The molecule has 4 heteroatoms. The first-order chi connectivity index (χ1) is 9.83. The second-order valence-electron chi connectivity index (χ2n) is 5.38. The molecule has 1 aromatic heterocycles. The van der Waals surface area contributed by atoms with Gasteiger partial charge < -0.3 is 4.74 Å². The van der Waals surface area contributed by atoms with Crippen molar-refractivity contribution in [3.8, 4) is 0 Å². The SMILES string of the molecule is CCC1OCCC1C(NN)c1cnc2ccccc2c1. The van der Waals surface area contributed by atoms with Gasteiger partial charge in [-0.1, -0.05) is 25.1 Å². The Labute approximate surface area is 119 Å². The number of nitrogens with zero attached hydrogens (tertiary/aromatic N) is 1. The molecule has 3 N–H and O–H groups in total. The lowest BCUT2D eigenvalue weighted by atomic mass is 9.87. The number of ether oxygens (including phenoxy) is 1. The summed E-state index contributed by atoms with van der Waals surface area (Å²) in [5, 5.41) is 1.15. The van der Waals surface area contributed by atoms with Gasteiger partial charge in [-0.2, -0.15) is 0 Å². The third-order valence-electron chi connectivity index (χ3n) is 4.24. The molecule has 0 amide bonds. The van der Waals surface area contributed by atoms with E-state index in [4.69, 9.17) is 10.6 Å². The molecule has 20 heavy (non-hydrogen) atoms. The van der Waals surface area contributed by atoms with Crippen molar-refractivity contribution in [1.82, 2.24) is 10.4 Å². The lowest BCUT2D eigenvalue weighted by Crippen LogP contribution is -2.36. The van der Waals surface area contributed by atoms with Crippen LogP contribution in [-0.4, -0.2) is 17.7 Å². The van der Waals surface area contributed by atoms with E-state index in [2.05, 4.69) is 29.5 Å². The maximum atomic E-state index is 5.81. The average molecular weight is 271 g/mol. The molecule has 1 aliphatic rings. The molecule has 1 saturated heterocycles. The van der Waals surface area contributed by atoms with Crippen LogP contribution in [0.4, 0.5) is 0 Å². The number of nitrogens with one attached hydrogen (secondary N) is 1. The number of hydrogen-bond acceptors (Lipinski definition) is 4. The molecule has 3 rings (SSSR count). The topological polar surface area (TPSA) is 60.2 Å². The van der Waals surface area contributed by atoms with E-state index in [1.807, 2.05) is 24.4 Å². The van der Waals surface area contributed by atoms with E-state index in [1.165, 1.54) is 0 Å². The first-order valence-electron chi connectivity index (χ1n) is 7.26. The lowest BCUT2D eigenvalue weighted by Gasteiger charge is -2.26. The van der Waals surface area contributed by atoms with Crippen LogP contribution in [0.5, 0.6) is 0 Å². The van der Waals surface area contributed by atoms with E-state index in [1.54, 1.807) is 0 Å². The van der Waals surface area contributed by atoms with Crippen LogP contribution in [0.3, 0.4) is 0 Å². The Balaban J connectivity index is 1.94. The summed E-state index contributed by atoms with van der Waals surface area (Å²) in [6.45, 7) is 2.98. The fourth-order valence-corrected chi connectivity index (χ4v) is 3.19. The van der Waals surface area contributed by atoms with Gasteiger partial charge in [0.2, 0.25) is 0 Å². The van der Waals surface area contributed by atoms with Crippen LogP contribution in [0, 0.1) is 5.92 Å². The summed E-state index contributed by atoms with van der Waals surface area (Å²) in [5.74, 6) is 6.22. The van der Waals surface area contributed by atoms with E-state index < -0.39 is 0 Å². The summed E-state index contributed by atoms with van der Waals surface area (Å²) >= 11 is 0. The van der Waals surface area contributed by atoms with E-state index in [0.717, 1.165) is 35.9 Å². The Kier molecular flexibility index (Phi) is 3.96. The molecular weight excluding hydrogens is 250 g/mol. The molecule has 0 spiro atoms. The fourth-order valence-electron chi connectivity index (χ4n) is 3.19. The van der Waals surface area contributed by atoms with Gasteiger partial charge in [0, 0.05) is 24.1 Å². The molecule has 106 valence electrons. The van der Waals surface area contributed by atoms with Gasteiger partial charge in [-0.3, -0.25) is 16.3 Å². The Morgan fingerprint density at radius 2 is 2.30 bits per heavy atom. The van der Waals surface area contributed by atoms with Gasteiger partial charge in [0.15, 0.2) is 0 Å². The van der Waals surface area contributed by atoms with Crippen molar-refractivity contribution in [2.24, 2.45) is 11.8 Å². The molecule has 3 unspecified atom stereocenters. The van der Waals surface area contributed by atoms with Crippen LogP contribution >= 0.6 is 0 Å². The first kappa shape index (κ1) is 13.5. The zero-order valence-corrected chi connectivity index (χ0v) is 11.8. The number of aromatic nitrogens is 1. The number of pyridine rings is 1. The fraction of sp³-hybridized carbons (Fsp3) is 0.438. The Morgan fingerprint density at radius 3 is 3.10 bits per heavy atom. The third kappa shape index (κ3) is 2.42. The summed E-state index contributed by atoms with van der Waals surface area (Å²) in [4.78, 5) is 4.54. The molecule has 0 bridgehead atoms. The van der Waals surface area contributed by atoms with Crippen LogP contribution in [-0.2, 0) is 4.74 Å². The smallest absolute Gasteiger partial charge is 0.0702 e. The zero-order valence-electron chi connectivity index (χ0n) is 11.8. The molecule has 0 radical (unpaired) electrons. The molecule has 0 saturated carbocycles. The standard InChI is InChI=1S/C16H21N3O/c1-2-15-13(7-8-20-15)16(19-17)12-9-11-5-3-4-6-14(11)18-10-12/h3-6,9-10,13,15-16,19H,2,7-8,17H2,1H3. The predicted molar refractivity (Wildman–Crippen MR) is 79.9 cm³/mol. The van der Waals surface area contributed by atoms with Crippen LogP contribution in [0.2, 0.25) is 0 Å². The monoisotopic (exact) mass is 271 g/mol. The molecule has 2 heterocycles. The molecule has 0 aliphatic carbocycles. The summed E-state index contributed by atoms with van der Waals surface area (Å²) in [6, 6.07) is 10.4. The van der Waals surface area contributed by atoms with Crippen molar-refractivity contribution < 1.29 is 4.74 Å². The molecule has 1 fully saturated rings. The lowest BCUT2D eigenvalue weighted by molar-refractivity contribution is 0.0774. The first-order valence-corrected chi connectivity index (χ1v) is 7.26. The highest BCUT2D eigenvalue weighted by Crippen LogP contribution is 2.34. The number of hydrogen-bond donors (Lipinski definition) is 2. The second kappa shape index (κ2) is 5.87. The van der Waals surface area contributed by atoms with Gasteiger partial charge in [0.1, 0.15) is 0 Å². The number of fused-ring (bicyclic) bond motifs is 1. The molecule has 4 nitrogen and oxygen atoms in total. The van der Waals surface area contributed by atoms with Gasteiger partial charge in [0.25, 0.3) is 0 Å². The minimum Gasteiger partial charge on any atom is -0.378 e. The van der Waals surface area contributed by atoms with Crippen LogP contribution < -0.4 is 11.3 Å². The number of benzene rings is 1. The number of para-hydroxylation sites is 1. The molecular formula is C16H21N3O. The van der Waals surface area contributed by atoms with E-state index >= 15 is 0 Å².